The van der Waals surface area contributed by atoms with Crippen molar-refractivity contribution >= 4 is 23.2 Å². The zero-order chi connectivity index (χ0) is 17.1. The Morgan fingerprint density at radius 1 is 1.46 bits per heavy atom. The van der Waals surface area contributed by atoms with Crippen LogP contribution in [-0.4, -0.2) is 46.8 Å². The summed E-state index contributed by atoms with van der Waals surface area (Å²) in [6, 6.07) is 7.47. The summed E-state index contributed by atoms with van der Waals surface area (Å²) in [5, 5.41) is 7.72. The summed E-state index contributed by atoms with van der Waals surface area (Å²) in [5.74, 6) is -0.0550. The van der Waals surface area contributed by atoms with Gasteiger partial charge in [0, 0.05) is 37.0 Å². The number of aryl methyl sites for hydroxylation is 2. The number of benzene rings is 1. The molecule has 1 N–H and O–H groups in total. The molecule has 2 heterocycles. The Bertz CT molecular complexity index is 731. The first-order chi connectivity index (χ1) is 11.5. The van der Waals surface area contributed by atoms with Gasteiger partial charge in [0.1, 0.15) is 6.10 Å². The van der Waals surface area contributed by atoms with Crippen molar-refractivity contribution in [2.75, 3.05) is 31.6 Å². The molecule has 2 aromatic rings. The monoisotopic (exact) mass is 348 g/mol. The molecule has 1 saturated heterocycles. The molecular weight excluding hydrogens is 328 g/mol. The molecule has 1 unspecified atom stereocenters. The Balaban J connectivity index is 1.58. The van der Waals surface area contributed by atoms with E-state index >= 15 is 0 Å². The van der Waals surface area contributed by atoms with Gasteiger partial charge in [0.15, 0.2) is 0 Å². The third-order valence-electron chi connectivity index (χ3n) is 4.16. The number of morpholine rings is 1. The quantitative estimate of drug-likeness (QED) is 0.921. The molecule has 1 aromatic heterocycles. The van der Waals surface area contributed by atoms with Gasteiger partial charge in [-0.05, 0) is 30.7 Å². The van der Waals surface area contributed by atoms with E-state index in [0.717, 1.165) is 17.8 Å². The average molecular weight is 349 g/mol. The van der Waals surface area contributed by atoms with Crippen LogP contribution >= 0.6 is 11.6 Å². The Morgan fingerprint density at radius 2 is 2.29 bits per heavy atom. The third kappa shape index (κ3) is 3.95. The Morgan fingerprint density at radius 3 is 3.00 bits per heavy atom. The Kier molecular flexibility index (Phi) is 5.18. The number of anilines is 1. The van der Waals surface area contributed by atoms with E-state index in [9.17, 15) is 4.79 Å². The van der Waals surface area contributed by atoms with Crippen LogP contribution in [-0.2, 0) is 16.6 Å². The molecule has 1 fully saturated rings. The highest BCUT2D eigenvalue weighted by molar-refractivity contribution is 6.31. The standard InChI is InChI=1S/C17H21ClN4O2/c1-12-3-4-13(9-14(12)18)20-17(23)11-22-7-8-24-16(10-22)15-5-6-19-21(15)2/h3-6,9,16H,7-8,10-11H2,1-2H3,(H,20,23). The van der Waals surface area contributed by atoms with Crippen LogP contribution in [0.5, 0.6) is 0 Å². The van der Waals surface area contributed by atoms with Gasteiger partial charge in [0.25, 0.3) is 0 Å². The van der Waals surface area contributed by atoms with Crippen LogP contribution in [0.1, 0.15) is 17.4 Å². The molecule has 1 aromatic carbocycles. The summed E-state index contributed by atoms with van der Waals surface area (Å²) in [6.45, 7) is 4.25. The number of nitrogens with one attached hydrogen (secondary N) is 1. The predicted molar refractivity (Wildman–Crippen MR) is 93.2 cm³/mol. The van der Waals surface area contributed by atoms with Crippen LogP contribution in [0.3, 0.4) is 0 Å². The topological polar surface area (TPSA) is 59.4 Å². The van der Waals surface area contributed by atoms with Crippen LogP contribution in [0, 0.1) is 6.92 Å². The molecule has 0 spiro atoms. The van der Waals surface area contributed by atoms with Gasteiger partial charge in [-0.2, -0.15) is 5.10 Å². The van der Waals surface area contributed by atoms with Gasteiger partial charge in [-0.1, -0.05) is 17.7 Å². The first kappa shape index (κ1) is 17.0. The van der Waals surface area contributed by atoms with Crippen molar-refractivity contribution < 1.29 is 9.53 Å². The van der Waals surface area contributed by atoms with Gasteiger partial charge in [0.2, 0.25) is 5.91 Å². The smallest absolute Gasteiger partial charge is 0.238 e. The molecule has 3 rings (SSSR count). The van der Waals surface area contributed by atoms with Crippen LogP contribution in [0.4, 0.5) is 5.69 Å². The Hall–Kier alpha value is -1.89. The van der Waals surface area contributed by atoms with Crippen molar-refractivity contribution in [1.82, 2.24) is 14.7 Å². The molecule has 1 atom stereocenters. The summed E-state index contributed by atoms with van der Waals surface area (Å²) >= 11 is 6.09. The number of rotatable bonds is 4. The van der Waals surface area contributed by atoms with Gasteiger partial charge in [-0.15, -0.1) is 0 Å². The van der Waals surface area contributed by atoms with Gasteiger partial charge >= 0.3 is 0 Å². The number of halogens is 1. The molecule has 6 nitrogen and oxygen atoms in total. The highest BCUT2D eigenvalue weighted by atomic mass is 35.5. The van der Waals surface area contributed by atoms with Crippen LogP contribution in [0.2, 0.25) is 5.02 Å². The molecule has 0 saturated carbocycles. The molecular formula is C17H21ClN4O2. The second-order valence-corrected chi connectivity index (χ2v) is 6.39. The third-order valence-corrected chi connectivity index (χ3v) is 4.57. The first-order valence-electron chi connectivity index (χ1n) is 7.91. The lowest BCUT2D eigenvalue weighted by Gasteiger charge is -2.32. The zero-order valence-electron chi connectivity index (χ0n) is 13.8. The molecule has 1 amide bonds. The van der Waals surface area contributed by atoms with E-state index in [1.165, 1.54) is 0 Å². The van der Waals surface area contributed by atoms with Crippen molar-refractivity contribution in [2.24, 2.45) is 7.05 Å². The fourth-order valence-corrected chi connectivity index (χ4v) is 2.98. The number of nitrogens with zero attached hydrogens (tertiary/aromatic N) is 3. The zero-order valence-corrected chi connectivity index (χ0v) is 14.6. The van der Waals surface area contributed by atoms with Gasteiger partial charge < -0.3 is 10.1 Å². The number of hydrogen-bond donors (Lipinski definition) is 1. The minimum absolute atomic E-state index is 0.0550. The second kappa shape index (κ2) is 7.34. The number of hydrogen-bond acceptors (Lipinski definition) is 4. The second-order valence-electron chi connectivity index (χ2n) is 5.99. The molecule has 1 aliphatic rings. The molecule has 0 aliphatic carbocycles. The Labute approximate surface area is 146 Å². The summed E-state index contributed by atoms with van der Waals surface area (Å²) in [7, 11) is 1.89. The number of ether oxygens (including phenoxy) is 1. The molecule has 1 aliphatic heterocycles. The van der Waals surface area contributed by atoms with Crippen molar-refractivity contribution in [1.29, 1.82) is 0 Å². The SMILES string of the molecule is Cc1ccc(NC(=O)CN2CCOC(c3ccnn3C)C2)cc1Cl. The van der Waals surface area contributed by atoms with E-state index in [-0.39, 0.29) is 12.0 Å². The lowest BCUT2D eigenvalue weighted by Crippen LogP contribution is -2.43. The van der Waals surface area contributed by atoms with Crippen molar-refractivity contribution in [2.45, 2.75) is 13.0 Å². The lowest BCUT2D eigenvalue weighted by molar-refractivity contribution is -0.119. The van der Waals surface area contributed by atoms with Crippen molar-refractivity contribution in [3.05, 3.63) is 46.7 Å². The minimum Gasteiger partial charge on any atom is -0.369 e. The largest absolute Gasteiger partial charge is 0.369 e. The summed E-state index contributed by atoms with van der Waals surface area (Å²) in [6.07, 6.45) is 1.69. The van der Waals surface area contributed by atoms with Crippen LogP contribution in [0.25, 0.3) is 0 Å². The normalized spacial score (nSPS) is 18.5. The summed E-state index contributed by atoms with van der Waals surface area (Å²) < 4.78 is 7.62. The summed E-state index contributed by atoms with van der Waals surface area (Å²) in [4.78, 5) is 14.4. The average Bonchev–Trinajstić information content (AvgIpc) is 2.97. The van der Waals surface area contributed by atoms with Gasteiger partial charge in [0.05, 0.1) is 18.8 Å². The maximum atomic E-state index is 12.3. The molecule has 128 valence electrons. The molecule has 0 radical (unpaired) electrons. The summed E-state index contributed by atoms with van der Waals surface area (Å²) in [5.41, 5.74) is 2.72. The van der Waals surface area contributed by atoms with Crippen molar-refractivity contribution in [3.8, 4) is 0 Å². The predicted octanol–water partition coefficient (Wildman–Crippen LogP) is 2.39. The molecule has 24 heavy (non-hydrogen) atoms. The van der Waals surface area contributed by atoms with Crippen LogP contribution < -0.4 is 5.32 Å². The minimum atomic E-state index is -0.0622. The van der Waals surface area contributed by atoms with Gasteiger partial charge in [-0.3, -0.25) is 14.4 Å². The van der Waals surface area contributed by atoms with E-state index in [4.69, 9.17) is 16.3 Å². The van der Waals surface area contributed by atoms with Crippen LogP contribution in [0.15, 0.2) is 30.5 Å². The number of amides is 1. The highest BCUT2D eigenvalue weighted by Crippen LogP contribution is 2.22. The van der Waals surface area contributed by atoms with E-state index in [2.05, 4.69) is 15.3 Å². The van der Waals surface area contributed by atoms with E-state index in [1.807, 2.05) is 36.9 Å². The fraction of sp³-hybridized carbons (Fsp3) is 0.412. The van der Waals surface area contributed by atoms with E-state index in [1.54, 1.807) is 12.3 Å². The lowest BCUT2D eigenvalue weighted by atomic mass is 10.2. The number of carbonyl (C=O) groups is 1. The van der Waals surface area contributed by atoms with Gasteiger partial charge in [-0.25, -0.2) is 0 Å². The fourth-order valence-electron chi connectivity index (χ4n) is 2.80. The molecule has 0 bridgehead atoms. The maximum absolute atomic E-state index is 12.3. The van der Waals surface area contributed by atoms with E-state index < -0.39 is 0 Å². The highest BCUT2D eigenvalue weighted by Gasteiger charge is 2.25. The maximum Gasteiger partial charge on any atom is 0.238 e. The molecule has 7 heteroatoms. The first-order valence-corrected chi connectivity index (χ1v) is 8.28. The number of aromatic nitrogens is 2. The van der Waals surface area contributed by atoms with E-state index in [0.29, 0.717) is 30.4 Å². The van der Waals surface area contributed by atoms with Crippen molar-refractivity contribution in [3.63, 3.8) is 0 Å². The number of carbonyl (C=O) groups excluding carboxylic acids is 1.